The van der Waals surface area contributed by atoms with E-state index in [1.165, 1.54) is 4.57 Å². The van der Waals surface area contributed by atoms with Crippen LogP contribution >= 0.6 is 22.9 Å². The number of aromatic nitrogens is 4. The highest BCUT2D eigenvalue weighted by atomic mass is 35.5. The maximum atomic E-state index is 13.0. The van der Waals surface area contributed by atoms with Crippen LogP contribution in [0.4, 0.5) is 5.69 Å². The quantitative estimate of drug-likeness (QED) is 0.490. The summed E-state index contributed by atoms with van der Waals surface area (Å²) in [5, 5.41) is 1.54. The van der Waals surface area contributed by atoms with Crippen molar-refractivity contribution < 1.29 is 0 Å². The fourth-order valence-corrected chi connectivity index (χ4v) is 4.15. The van der Waals surface area contributed by atoms with Crippen LogP contribution in [0.2, 0.25) is 5.02 Å². The molecular weight excluding hydrogens is 424 g/mol. The van der Waals surface area contributed by atoms with Crippen LogP contribution < -0.4 is 22.8 Å². The third-order valence-corrected chi connectivity index (χ3v) is 5.82. The molecule has 0 fully saturated rings. The van der Waals surface area contributed by atoms with E-state index in [4.69, 9.17) is 17.4 Å². The van der Waals surface area contributed by atoms with Crippen molar-refractivity contribution in [2.75, 3.05) is 5.84 Å². The third kappa shape index (κ3) is 3.69. The maximum Gasteiger partial charge on any atom is 0.353 e. The number of aryl methyl sites for hydroxylation is 1. The molecule has 154 valence electrons. The number of fused-ring (bicyclic) bond motifs is 1. The minimum Gasteiger partial charge on any atom is -0.332 e. The summed E-state index contributed by atoms with van der Waals surface area (Å²) in [4.78, 5) is 34.6. The first-order valence-corrected chi connectivity index (χ1v) is 10.4. The lowest BCUT2D eigenvalue weighted by Gasteiger charge is -2.13. The normalized spacial score (nSPS) is 12.0. The van der Waals surface area contributed by atoms with Gasteiger partial charge in [-0.3, -0.25) is 4.57 Å². The van der Waals surface area contributed by atoms with Gasteiger partial charge in [0.15, 0.2) is 0 Å². The Morgan fingerprint density at radius 3 is 2.53 bits per heavy atom. The summed E-state index contributed by atoms with van der Waals surface area (Å²) in [6, 6.07) is 12.6. The Kier molecular flexibility index (Phi) is 5.31. The highest BCUT2D eigenvalue weighted by Gasteiger charge is 2.13. The van der Waals surface area contributed by atoms with Crippen molar-refractivity contribution in [3.63, 3.8) is 0 Å². The lowest BCUT2D eigenvalue weighted by molar-refractivity contribution is 0.504. The van der Waals surface area contributed by atoms with Gasteiger partial charge < -0.3 is 5.84 Å². The van der Waals surface area contributed by atoms with Crippen molar-refractivity contribution in [1.82, 2.24) is 18.8 Å². The van der Waals surface area contributed by atoms with E-state index in [2.05, 4.69) is 9.98 Å². The molecule has 0 aliphatic carbocycles. The van der Waals surface area contributed by atoms with Gasteiger partial charge in [-0.2, -0.15) is 4.68 Å². The smallest absolute Gasteiger partial charge is 0.332 e. The molecule has 10 heteroatoms. The summed E-state index contributed by atoms with van der Waals surface area (Å²) in [5.41, 5.74) is 1.23. The molecule has 4 aromatic rings. The van der Waals surface area contributed by atoms with E-state index in [1.807, 2.05) is 31.2 Å². The Morgan fingerprint density at radius 2 is 1.83 bits per heavy atom. The number of hydrogen-bond acceptors (Lipinski definition) is 6. The van der Waals surface area contributed by atoms with Crippen LogP contribution in [0, 0.1) is 6.92 Å². The van der Waals surface area contributed by atoms with E-state index < -0.39 is 11.4 Å². The molecule has 4 rings (SSSR count). The van der Waals surface area contributed by atoms with Gasteiger partial charge in [-0.25, -0.2) is 24.1 Å². The van der Waals surface area contributed by atoms with Gasteiger partial charge in [-0.1, -0.05) is 23.7 Å². The van der Waals surface area contributed by atoms with Crippen molar-refractivity contribution in [3.05, 3.63) is 84.6 Å². The van der Waals surface area contributed by atoms with Crippen LogP contribution in [0.15, 0.2) is 57.0 Å². The zero-order valence-corrected chi connectivity index (χ0v) is 17.9. The standard InChI is InChI=1S/C20H19ClN6O2S/c1-3-25-19(28)26(11-13-4-6-14(21)7-5-13)18(27(22)20(25)29)24-15-8-9-16-17(10-15)30-12(2)23-16/h4-10H,3,11,22H2,1-2H3/b24-18-. The third-order valence-electron chi connectivity index (χ3n) is 4.63. The Bertz CT molecular complexity index is 1430. The molecular formula is C20H19ClN6O2S. The SMILES string of the molecule is CCn1c(=O)n(N)/c(=N\c2ccc3nc(C)sc3c2)n(Cc2ccc(Cl)cc2)c1=O. The Hall–Kier alpha value is -3.17. The topological polar surface area (TPSA) is 100 Å². The van der Waals surface area contributed by atoms with Gasteiger partial charge in [0, 0.05) is 11.6 Å². The molecule has 2 N–H and O–H groups in total. The van der Waals surface area contributed by atoms with E-state index in [1.54, 1.807) is 36.5 Å². The average Bonchev–Trinajstić information content (AvgIpc) is 3.10. The van der Waals surface area contributed by atoms with Crippen LogP contribution in [0.3, 0.4) is 0 Å². The molecule has 2 heterocycles. The Morgan fingerprint density at radius 1 is 1.10 bits per heavy atom. The van der Waals surface area contributed by atoms with Crippen molar-refractivity contribution >= 4 is 38.8 Å². The number of nitrogen functional groups attached to an aromatic ring is 1. The van der Waals surface area contributed by atoms with Crippen LogP contribution in [0.25, 0.3) is 10.2 Å². The van der Waals surface area contributed by atoms with Gasteiger partial charge in [0.25, 0.3) is 0 Å². The molecule has 30 heavy (non-hydrogen) atoms. The van der Waals surface area contributed by atoms with Crippen LogP contribution in [0.1, 0.15) is 17.5 Å². The van der Waals surface area contributed by atoms with Gasteiger partial charge >= 0.3 is 11.4 Å². The Labute approximate surface area is 180 Å². The summed E-state index contributed by atoms with van der Waals surface area (Å²) in [6.45, 7) is 4.03. The predicted molar refractivity (Wildman–Crippen MR) is 119 cm³/mol. The summed E-state index contributed by atoms with van der Waals surface area (Å²) >= 11 is 7.51. The summed E-state index contributed by atoms with van der Waals surface area (Å²) < 4.78 is 4.33. The molecule has 0 amide bonds. The van der Waals surface area contributed by atoms with E-state index in [0.29, 0.717) is 10.7 Å². The number of thiazole rings is 1. The number of nitrogens with two attached hydrogens (primary N) is 1. The molecule has 8 nitrogen and oxygen atoms in total. The summed E-state index contributed by atoms with van der Waals surface area (Å²) in [5.74, 6) is 6.07. The van der Waals surface area contributed by atoms with E-state index in [-0.39, 0.29) is 18.7 Å². The molecule has 0 radical (unpaired) electrons. The number of nitrogens with zero attached hydrogens (tertiary/aromatic N) is 5. The molecule has 0 aliphatic heterocycles. The molecule has 0 saturated carbocycles. The van der Waals surface area contributed by atoms with Crippen LogP contribution in [0.5, 0.6) is 0 Å². The van der Waals surface area contributed by atoms with E-state index in [0.717, 1.165) is 30.0 Å². The second-order valence-corrected chi connectivity index (χ2v) is 8.36. The molecule has 0 unspecified atom stereocenters. The largest absolute Gasteiger partial charge is 0.353 e. The monoisotopic (exact) mass is 442 g/mol. The number of rotatable bonds is 4. The lowest BCUT2D eigenvalue weighted by Crippen LogP contribution is -2.57. The second-order valence-electron chi connectivity index (χ2n) is 6.69. The number of halogens is 1. The van der Waals surface area contributed by atoms with Gasteiger partial charge in [0.1, 0.15) is 0 Å². The van der Waals surface area contributed by atoms with Gasteiger partial charge in [-0.15, -0.1) is 11.3 Å². The highest BCUT2D eigenvalue weighted by molar-refractivity contribution is 7.18. The van der Waals surface area contributed by atoms with Crippen LogP contribution in [-0.4, -0.2) is 18.8 Å². The minimum absolute atomic E-state index is 0.0604. The van der Waals surface area contributed by atoms with E-state index in [9.17, 15) is 9.59 Å². The lowest BCUT2D eigenvalue weighted by atomic mass is 10.2. The molecule has 0 aliphatic rings. The highest BCUT2D eigenvalue weighted by Crippen LogP contribution is 2.25. The van der Waals surface area contributed by atoms with E-state index >= 15 is 0 Å². The molecule has 0 saturated heterocycles. The fourth-order valence-electron chi connectivity index (χ4n) is 3.17. The first-order chi connectivity index (χ1) is 14.4. The molecule has 2 aromatic carbocycles. The zero-order chi connectivity index (χ0) is 21.4. The second kappa shape index (κ2) is 7.92. The Balaban J connectivity index is 1.96. The molecule has 0 atom stereocenters. The molecule has 0 bridgehead atoms. The number of hydrogen-bond donors (Lipinski definition) is 1. The van der Waals surface area contributed by atoms with Gasteiger partial charge in [-0.05, 0) is 49.7 Å². The average molecular weight is 443 g/mol. The van der Waals surface area contributed by atoms with Crippen molar-refractivity contribution in [2.24, 2.45) is 4.99 Å². The van der Waals surface area contributed by atoms with Gasteiger partial charge in [0.2, 0.25) is 5.62 Å². The minimum atomic E-state index is -0.622. The summed E-state index contributed by atoms with van der Waals surface area (Å²) in [7, 11) is 0. The first kappa shape index (κ1) is 20.1. The predicted octanol–water partition coefficient (Wildman–Crippen LogP) is 2.40. The summed E-state index contributed by atoms with van der Waals surface area (Å²) in [6.07, 6.45) is 0. The van der Waals surface area contributed by atoms with Crippen molar-refractivity contribution in [1.29, 1.82) is 0 Å². The first-order valence-electron chi connectivity index (χ1n) is 9.25. The maximum absolute atomic E-state index is 13.0. The van der Waals surface area contributed by atoms with Crippen molar-refractivity contribution in [3.8, 4) is 0 Å². The van der Waals surface area contributed by atoms with Crippen LogP contribution in [-0.2, 0) is 13.1 Å². The molecule has 0 spiro atoms. The fraction of sp³-hybridized carbons (Fsp3) is 0.200. The van der Waals surface area contributed by atoms with Gasteiger partial charge in [0.05, 0.1) is 27.5 Å². The zero-order valence-electron chi connectivity index (χ0n) is 16.4. The van der Waals surface area contributed by atoms with Crippen molar-refractivity contribution in [2.45, 2.75) is 26.9 Å². The number of benzene rings is 2. The molecule has 2 aromatic heterocycles.